The minimum atomic E-state index is -2.17. The second-order valence-electron chi connectivity index (χ2n) is 2.84. The van der Waals surface area contributed by atoms with Crippen LogP contribution in [0.15, 0.2) is 0 Å². The molecule has 3 N–H and O–H groups in total. The van der Waals surface area contributed by atoms with Crippen LogP contribution < -0.4 is 0 Å². The van der Waals surface area contributed by atoms with E-state index in [0.717, 1.165) is 0 Å². The lowest BCUT2D eigenvalue weighted by Crippen LogP contribution is -2.22. The summed E-state index contributed by atoms with van der Waals surface area (Å²) in [6.45, 7) is 0. The number of hydrogen-bond acceptors (Lipinski definition) is 4. The molecule has 0 amide bonds. The van der Waals surface area contributed by atoms with Gasteiger partial charge in [0, 0.05) is 12.6 Å². The van der Waals surface area contributed by atoms with Crippen molar-refractivity contribution < 1.29 is 29.5 Å². The topological polar surface area (TPSA) is 112 Å². The summed E-state index contributed by atoms with van der Waals surface area (Å²) in [6, 6.07) is 0. The number of carbonyl (C=O) groups is 2. The number of carboxylic acid groups (broad SMARTS) is 2. The number of hydrogen-bond donors (Lipinski definition) is 3. The first-order chi connectivity index (χ1) is 6.43. The smallest absolute Gasteiger partial charge is 0.332 e. The van der Waals surface area contributed by atoms with Gasteiger partial charge in [-0.3, -0.25) is 4.79 Å². The Morgan fingerprint density at radius 3 is 2.29 bits per heavy atom. The van der Waals surface area contributed by atoms with Gasteiger partial charge in [-0.1, -0.05) is 0 Å². The third-order valence-corrected chi connectivity index (χ3v) is 3.31. The van der Waals surface area contributed by atoms with Crippen molar-refractivity contribution in [1.82, 2.24) is 0 Å². The summed E-state index contributed by atoms with van der Waals surface area (Å²) < 4.78 is 11.1. The van der Waals surface area contributed by atoms with Gasteiger partial charge in [0.2, 0.25) is 0 Å². The van der Waals surface area contributed by atoms with Gasteiger partial charge in [0.1, 0.15) is 0 Å². The second kappa shape index (κ2) is 6.56. The molecule has 0 fully saturated rings. The Morgan fingerprint density at radius 2 is 1.86 bits per heavy atom. The fourth-order valence-corrected chi connectivity index (χ4v) is 2.22. The maximum absolute atomic E-state index is 11.1. The zero-order valence-electron chi connectivity index (χ0n) is 7.47. The molecule has 0 aromatic rings. The second-order valence-corrected chi connectivity index (χ2v) is 4.83. The lowest BCUT2D eigenvalue weighted by Gasteiger charge is -2.04. The fraction of sp³-hybridized carbons (Fsp3) is 0.714. The molecular formula is C7H13O6P. The van der Waals surface area contributed by atoms with E-state index in [1.165, 1.54) is 0 Å². The maximum Gasteiger partial charge on any atom is 0.332 e. The van der Waals surface area contributed by atoms with E-state index in [9.17, 15) is 14.2 Å². The van der Waals surface area contributed by atoms with Crippen LogP contribution in [0.25, 0.3) is 0 Å². The van der Waals surface area contributed by atoms with Gasteiger partial charge in [-0.25, -0.2) is 4.79 Å². The Balaban J connectivity index is 3.65. The molecule has 2 atom stereocenters. The van der Waals surface area contributed by atoms with Gasteiger partial charge in [0.15, 0.2) is 6.10 Å². The highest BCUT2D eigenvalue weighted by molar-refractivity contribution is 7.44. The third-order valence-electron chi connectivity index (χ3n) is 1.55. The molecule has 82 valence electrons. The highest BCUT2D eigenvalue weighted by Gasteiger charge is 2.16. The SMILES string of the molecule is O=C(O)CCC[PH](=O)CC(O)C(=O)O. The Labute approximate surface area is 81.3 Å². The largest absolute Gasteiger partial charge is 0.481 e. The molecule has 0 heterocycles. The molecule has 0 aliphatic carbocycles. The van der Waals surface area contributed by atoms with Gasteiger partial charge in [-0.15, -0.1) is 0 Å². The van der Waals surface area contributed by atoms with Crippen LogP contribution in [0.5, 0.6) is 0 Å². The van der Waals surface area contributed by atoms with E-state index < -0.39 is 25.8 Å². The summed E-state index contributed by atoms with van der Waals surface area (Å²) in [6.07, 6.45) is -1.55. The number of aliphatic hydroxyl groups excluding tert-OH is 1. The summed E-state index contributed by atoms with van der Waals surface area (Å²) in [5.74, 6) is -2.37. The summed E-state index contributed by atoms with van der Waals surface area (Å²) in [7, 11) is -2.17. The van der Waals surface area contributed by atoms with Gasteiger partial charge >= 0.3 is 11.9 Å². The summed E-state index contributed by atoms with van der Waals surface area (Å²) >= 11 is 0. The summed E-state index contributed by atoms with van der Waals surface area (Å²) in [5, 5.41) is 25.4. The van der Waals surface area contributed by atoms with Crippen LogP contribution in [0.3, 0.4) is 0 Å². The highest BCUT2D eigenvalue weighted by atomic mass is 31.1. The Hall–Kier alpha value is -0.870. The molecule has 7 heteroatoms. The van der Waals surface area contributed by atoms with Crippen LogP contribution in [0.2, 0.25) is 0 Å². The van der Waals surface area contributed by atoms with Crippen molar-refractivity contribution in [2.24, 2.45) is 0 Å². The molecule has 0 aliphatic rings. The zero-order valence-corrected chi connectivity index (χ0v) is 8.47. The quantitative estimate of drug-likeness (QED) is 0.519. The first-order valence-electron chi connectivity index (χ1n) is 4.08. The highest BCUT2D eigenvalue weighted by Crippen LogP contribution is 2.23. The van der Waals surface area contributed by atoms with Crippen molar-refractivity contribution >= 4 is 19.7 Å². The van der Waals surface area contributed by atoms with Gasteiger partial charge in [0.25, 0.3) is 0 Å². The van der Waals surface area contributed by atoms with Crippen LogP contribution in [-0.4, -0.2) is 45.7 Å². The van der Waals surface area contributed by atoms with Gasteiger partial charge in [-0.2, -0.15) is 0 Å². The average molecular weight is 224 g/mol. The number of aliphatic hydroxyl groups is 1. The van der Waals surface area contributed by atoms with Gasteiger partial charge in [-0.05, 0) is 12.6 Å². The molecular weight excluding hydrogens is 211 g/mol. The van der Waals surface area contributed by atoms with Crippen LogP contribution in [0, 0.1) is 0 Å². The molecule has 0 aromatic heterocycles. The molecule has 0 radical (unpaired) electrons. The van der Waals surface area contributed by atoms with Crippen molar-refractivity contribution in [2.45, 2.75) is 18.9 Å². The van der Waals surface area contributed by atoms with E-state index >= 15 is 0 Å². The van der Waals surface area contributed by atoms with E-state index in [1.807, 2.05) is 0 Å². The Morgan fingerprint density at radius 1 is 1.29 bits per heavy atom. The van der Waals surface area contributed by atoms with E-state index in [-0.39, 0.29) is 25.2 Å². The summed E-state index contributed by atoms with van der Waals surface area (Å²) in [5.41, 5.74) is 0. The average Bonchev–Trinajstić information content (AvgIpc) is 2.02. The van der Waals surface area contributed by atoms with E-state index in [1.54, 1.807) is 0 Å². The normalized spacial score (nSPS) is 14.6. The first-order valence-corrected chi connectivity index (χ1v) is 5.90. The van der Waals surface area contributed by atoms with Crippen molar-refractivity contribution in [3.8, 4) is 0 Å². The number of aliphatic carboxylic acids is 2. The zero-order chi connectivity index (χ0) is 11.1. The fourth-order valence-electron chi connectivity index (χ4n) is 0.842. The Bertz CT molecular complexity index is 238. The molecule has 0 aromatic carbocycles. The van der Waals surface area contributed by atoms with E-state index in [2.05, 4.69) is 0 Å². The molecule has 6 nitrogen and oxygen atoms in total. The molecule has 0 saturated carbocycles. The van der Waals surface area contributed by atoms with E-state index in [0.29, 0.717) is 0 Å². The molecule has 0 spiro atoms. The molecule has 14 heavy (non-hydrogen) atoms. The standard InChI is InChI=1S/C7H13O6P/c8-5(7(11)12)4-14(13)3-1-2-6(9)10/h5,8,14H,1-4H2,(H,9,10)(H,11,12). The maximum atomic E-state index is 11.1. The third kappa shape index (κ3) is 6.62. The lowest BCUT2D eigenvalue weighted by atomic mass is 10.3. The van der Waals surface area contributed by atoms with Crippen molar-refractivity contribution in [1.29, 1.82) is 0 Å². The van der Waals surface area contributed by atoms with Crippen LogP contribution in [0.1, 0.15) is 12.8 Å². The lowest BCUT2D eigenvalue weighted by molar-refractivity contribution is -0.145. The Kier molecular flexibility index (Phi) is 6.16. The van der Waals surface area contributed by atoms with E-state index in [4.69, 9.17) is 15.3 Å². The van der Waals surface area contributed by atoms with Crippen LogP contribution in [-0.2, 0) is 14.2 Å². The molecule has 0 rings (SSSR count). The number of rotatable bonds is 7. The predicted octanol–water partition coefficient (Wildman–Crippen LogP) is -0.144. The molecule has 0 saturated heterocycles. The number of carboxylic acids is 2. The minimum Gasteiger partial charge on any atom is -0.481 e. The first kappa shape index (κ1) is 13.1. The van der Waals surface area contributed by atoms with Crippen molar-refractivity contribution in [3.05, 3.63) is 0 Å². The molecule has 0 bridgehead atoms. The predicted molar refractivity (Wildman–Crippen MR) is 49.2 cm³/mol. The molecule has 0 aliphatic heterocycles. The monoisotopic (exact) mass is 224 g/mol. The van der Waals surface area contributed by atoms with Crippen molar-refractivity contribution in [2.75, 3.05) is 12.3 Å². The van der Waals surface area contributed by atoms with Gasteiger partial charge in [0.05, 0.1) is 7.80 Å². The summed E-state index contributed by atoms with van der Waals surface area (Å²) in [4.78, 5) is 20.2. The van der Waals surface area contributed by atoms with Crippen LogP contribution >= 0.6 is 7.80 Å². The van der Waals surface area contributed by atoms with Crippen molar-refractivity contribution in [3.63, 3.8) is 0 Å². The van der Waals surface area contributed by atoms with Gasteiger partial charge < -0.3 is 19.9 Å². The minimum absolute atomic E-state index is 0.0838. The van der Waals surface area contributed by atoms with Crippen LogP contribution in [0.4, 0.5) is 0 Å². The molecule has 2 unspecified atom stereocenters.